The van der Waals surface area contributed by atoms with Crippen LogP contribution in [0.3, 0.4) is 0 Å². The number of nitrogens with one attached hydrogen (secondary N) is 1. The Labute approximate surface area is 254 Å². The number of aromatic nitrogens is 3. The first-order chi connectivity index (χ1) is 21.7. The number of piperazine rings is 1. The van der Waals surface area contributed by atoms with Gasteiger partial charge in [0.15, 0.2) is 0 Å². The van der Waals surface area contributed by atoms with E-state index < -0.39 is 0 Å². The maximum Gasteiger partial charge on any atom is 0.321 e. The van der Waals surface area contributed by atoms with E-state index in [0.717, 1.165) is 33.8 Å². The highest BCUT2D eigenvalue weighted by molar-refractivity contribution is 5.98. The fourth-order valence-electron chi connectivity index (χ4n) is 5.34. The molecule has 0 radical (unpaired) electrons. The van der Waals surface area contributed by atoms with E-state index in [4.69, 9.17) is 19.2 Å². The first-order valence-corrected chi connectivity index (χ1v) is 14.6. The summed E-state index contributed by atoms with van der Waals surface area (Å²) in [5.74, 6) is 2.82. The monoisotopic (exact) mass is 582 g/mol. The van der Waals surface area contributed by atoms with E-state index in [-0.39, 0.29) is 6.03 Å². The van der Waals surface area contributed by atoms with Crippen LogP contribution in [0.25, 0.3) is 22.4 Å². The number of ether oxygens (including phenoxy) is 1. The minimum atomic E-state index is -0.116. The first kappa shape index (κ1) is 27.2. The molecule has 0 unspecified atom stereocenters. The molecule has 2 aromatic heterocycles. The van der Waals surface area contributed by atoms with Crippen molar-refractivity contribution in [3.8, 4) is 22.8 Å². The number of carbonyl (C=O) groups excluding carboxylic acids is 1. The van der Waals surface area contributed by atoms with Gasteiger partial charge in [-0.15, -0.1) is 0 Å². The lowest BCUT2D eigenvalue weighted by atomic mass is 10.1. The van der Waals surface area contributed by atoms with Crippen molar-refractivity contribution in [1.29, 1.82) is 0 Å². The van der Waals surface area contributed by atoms with Crippen molar-refractivity contribution in [3.05, 3.63) is 127 Å². The van der Waals surface area contributed by atoms with Gasteiger partial charge in [0.1, 0.15) is 34.2 Å². The van der Waals surface area contributed by atoms with Crippen LogP contribution in [0.1, 0.15) is 11.4 Å². The van der Waals surface area contributed by atoms with Crippen LogP contribution < -0.4 is 15.0 Å². The van der Waals surface area contributed by atoms with E-state index in [1.54, 1.807) is 0 Å². The summed E-state index contributed by atoms with van der Waals surface area (Å²) in [5.41, 5.74) is 3.78. The number of anilines is 2. The molecule has 1 saturated heterocycles. The van der Waals surface area contributed by atoms with Gasteiger partial charge in [0.05, 0.1) is 0 Å². The van der Waals surface area contributed by atoms with E-state index >= 15 is 0 Å². The standard InChI is InChI=1S/C35H30N6O3/c42-35(36-27-14-6-2-7-15-27)41-21-19-40(20-22-41)33-31-32(26-13-10-18-29(24-26)43-28-16-8-3-9-17-28)39-44-34(31)38-30(37-33)23-25-11-4-1-5-12-25/h1-18,24H,19-23H2,(H,36,42). The van der Waals surface area contributed by atoms with E-state index in [9.17, 15) is 4.79 Å². The normalized spacial score (nSPS) is 13.2. The molecule has 9 heteroatoms. The van der Waals surface area contributed by atoms with Crippen LogP contribution in [0.5, 0.6) is 11.5 Å². The molecule has 7 rings (SSSR count). The van der Waals surface area contributed by atoms with E-state index in [1.165, 1.54) is 0 Å². The van der Waals surface area contributed by atoms with E-state index in [2.05, 4.69) is 27.5 Å². The number of hydrogen-bond donors (Lipinski definition) is 1. The summed E-state index contributed by atoms with van der Waals surface area (Å²) < 4.78 is 11.9. The molecule has 0 saturated carbocycles. The van der Waals surface area contributed by atoms with Crippen LogP contribution in [0.2, 0.25) is 0 Å². The molecule has 3 heterocycles. The average Bonchev–Trinajstić information content (AvgIpc) is 3.50. The Morgan fingerprint density at radius 3 is 2.20 bits per heavy atom. The quantitative estimate of drug-likeness (QED) is 0.216. The molecule has 0 atom stereocenters. The third-order valence-corrected chi connectivity index (χ3v) is 7.55. The Morgan fingerprint density at radius 2 is 1.45 bits per heavy atom. The summed E-state index contributed by atoms with van der Waals surface area (Å²) >= 11 is 0. The van der Waals surface area contributed by atoms with Gasteiger partial charge < -0.3 is 24.4 Å². The maximum absolute atomic E-state index is 13.0. The SMILES string of the molecule is O=C(Nc1ccccc1)N1CCN(c2nc(Cc3ccccc3)nc3onc(-c4cccc(Oc5ccccc5)c4)c23)CC1. The second-order valence-corrected chi connectivity index (χ2v) is 10.6. The summed E-state index contributed by atoms with van der Waals surface area (Å²) in [6.07, 6.45) is 0.555. The summed E-state index contributed by atoms with van der Waals surface area (Å²) in [6.45, 7) is 2.28. The van der Waals surface area contributed by atoms with Crippen molar-refractivity contribution >= 4 is 28.6 Å². The minimum absolute atomic E-state index is 0.116. The van der Waals surface area contributed by atoms with Crippen molar-refractivity contribution in [1.82, 2.24) is 20.0 Å². The van der Waals surface area contributed by atoms with Gasteiger partial charge in [-0.25, -0.2) is 9.78 Å². The molecule has 1 aliphatic rings. The predicted octanol–water partition coefficient (Wildman–Crippen LogP) is 7.02. The number of nitrogens with zero attached hydrogens (tertiary/aromatic N) is 5. The average molecular weight is 583 g/mol. The van der Waals surface area contributed by atoms with Crippen molar-refractivity contribution in [2.24, 2.45) is 0 Å². The van der Waals surface area contributed by atoms with Crippen LogP contribution in [-0.2, 0) is 6.42 Å². The molecule has 2 amide bonds. The summed E-state index contributed by atoms with van der Waals surface area (Å²) in [5, 5.41) is 8.20. The van der Waals surface area contributed by atoms with Gasteiger partial charge in [-0.3, -0.25) is 0 Å². The van der Waals surface area contributed by atoms with Crippen LogP contribution >= 0.6 is 0 Å². The molecule has 9 nitrogen and oxygen atoms in total. The van der Waals surface area contributed by atoms with Gasteiger partial charge in [0, 0.05) is 43.9 Å². The van der Waals surface area contributed by atoms with Crippen LogP contribution in [0.15, 0.2) is 120 Å². The van der Waals surface area contributed by atoms with Crippen LogP contribution in [0.4, 0.5) is 16.3 Å². The largest absolute Gasteiger partial charge is 0.457 e. The Morgan fingerprint density at radius 1 is 0.773 bits per heavy atom. The molecule has 44 heavy (non-hydrogen) atoms. The molecule has 1 N–H and O–H groups in total. The molecule has 0 bridgehead atoms. The van der Waals surface area contributed by atoms with Crippen molar-refractivity contribution < 1.29 is 14.1 Å². The van der Waals surface area contributed by atoms with Gasteiger partial charge in [-0.1, -0.05) is 84.0 Å². The van der Waals surface area contributed by atoms with Gasteiger partial charge in [0.25, 0.3) is 5.71 Å². The molecule has 4 aromatic carbocycles. The zero-order valence-electron chi connectivity index (χ0n) is 24.0. The molecule has 6 aromatic rings. The lowest BCUT2D eigenvalue weighted by Gasteiger charge is -2.35. The first-order valence-electron chi connectivity index (χ1n) is 14.6. The lowest BCUT2D eigenvalue weighted by molar-refractivity contribution is 0.208. The van der Waals surface area contributed by atoms with Crippen LogP contribution in [0, 0.1) is 0 Å². The van der Waals surface area contributed by atoms with Crippen molar-refractivity contribution in [2.45, 2.75) is 6.42 Å². The summed E-state index contributed by atoms with van der Waals surface area (Å²) in [4.78, 5) is 26.8. The number of benzene rings is 4. The zero-order chi connectivity index (χ0) is 29.7. The Bertz CT molecular complexity index is 1870. The molecule has 0 spiro atoms. The molecular weight excluding hydrogens is 552 g/mol. The predicted molar refractivity (Wildman–Crippen MR) is 170 cm³/mol. The Kier molecular flexibility index (Phi) is 7.57. The maximum atomic E-state index is 13.0. The topological polar surface area (TPSA) is 96.6 Å². The molecule has 1 fully saturated rings. The second kappa shape index (κ2) is 12.3. The van der Waals surface area contributed by atoms with Gasteiger partial charge >= 0.3 is 6.03 Å². The number of amides is 2. The number of urea groups is 1. The van der Waals surface area contributed by atoms with Gasteiger partial charge in [-0.2, -0.15) is 4.98 Å². The number of rotatable bonds is 7. The molecule has 1 aliphatic heterocycles. The van der Waals surface area contributed by atoms with Crippen molar-refractivity contribution in [3.63, 3.8) is 0 Å². The lowest BCUT2D eigenvalue weighted by Crippen LogP contribution is -2.50. The van der Waals surface area contributed by atoms with E-state index in [0.29, 0.717) is 55.6 Å². The number of fused-ring (bicyclic) bond motifs is 1. The Balaban J connectivity index is 1.20. The highest BCUT2D eigenvalue weighted by Gasteiger charge is 2.27. The third kappa shape index (κ3) is 5.94. The van der Waals surface area contributed by atoms with Gasteiger partial charge in [-0.05, 0) is 42.0 Å². The van der Waals surface area contributed by atoms with E-state index in [1.807, 2.05) is 108 Å². The molecule has 218 valence electrons. The summed E-state index contributed by atoms with van der Waals surface area (Å²) in [7, 11) is 0. The Hall–Kier alpha value is -5.70. The van der Waals surface area contributed by atoms with Crippen molar-refractivity contribution in [2.75, 3.05) is 36.4 Å². The van der Waals surface area contributed by atoms with Crippen LogP contribution in [-0.4, -0.2) is 52.2 Å². The minimum Gasteiger partial charge on any atom is -0.457 e. The molecule has 0 aliphatic carbocycles. The number of hydrogen-bond acceptors (Lipinski definition) is 7. The highest BCUT2D eigenvalue weighted by Crippen LogP contribution is 2.36. The number of para-hydroxylation sites is 2. The highest BCUT2D eigenvalue weighted by atomic mass is 16.5. The smallest absolute Gasteiger partial charge is 0.321 e. The fraction of sp³-hybridized carbons (Fsp3) is 0.143. The fourth-order valence-corrected chi connectivity index (χ4v) is 5.34. The number of carbonyl (C=O) groups is 1. The van der Waals surface area contributed by atoms with Gasteiger partial charge in [0.2, 0.25) is 0 Å². The molecular formula is C35H30N6O3. The second-order valence-electron chi connectivity index (χ2n) is 10.6. The zero-order valence-corrected chi connectivity index (χ0v) is 24.0. The third-order valence-electron chi connectivity index (χ3n) is 7.55. The summed E-state index contributed by atoms with van der Waals surface area (Å²) in [6, 6.07) is 36.9.